The Bertz CT molecular complexity index is 2340. The average molecular weight is 558 g/mol. The van der Waals surface area contributed by atoms with Crippen molar-refractivity contribution >= 4 is 21.5 Å². The Morgan fingerprint density at radius 3 is 1.52 bits per heavy atom. The molecule has 1 heterocycles. The van der Waals surface area contributed by atoms with Crippen molar-refractivity contribution < 1.29 is 0 Å². The third-order valence-corrected chi connectivity index (χ3v) is 9.01. The van der Waals surface area contributed by atoms with Crippen LogP contribution in [0.2, 0.25) is 0 Å². The van der Waals surface area contributed by atoms with Gasteiger partial charge in [-0.05, 0) is 49.4 Å². The molecule has 0 radical (unpaired) electrons. The lowest BCUT2D eigenvalue weighted by Crippen LogP contribution is -1.98. The van der Waals surface area contributed by atoms with E-state index in [1.165, 1.54) is 66.1 Å². The molecule has 1 aliphatic rings. The molecule has 44 heavy (non-hydrogen) atoms. The molecule has 204 valence electrons. The van der Waals surface area contributed by atoms with Gasteiger partial charge in [0.05, 0.1) is 11.4 Å². The Hall–Kier alpha value is -5.79. The van der Waals surface area contributed by atoms with Gasteiger partial charge in [0.1, 0.15) is 0 Å². The number of hydrogen-bond donors (Lipinski definition) is 0. The summed E-state index contributed by atoms with van der Waals surface area (Å²) in [6.07, 6.45) is 0. The molecule has 8 aromatic rings. The predicted octanol–water partition coefficient (Wildman–Crippen LogP) is 11.7. The molecule has 1 nitrogen and oxygen atoms in total. The van der Waals surface area contributed by atoms with Crippen molar-refractivity contribution in [3.05, 3.63) is 164 Å². The van der Waals surface area contributed by atoms with Crippen LogP contribution in [-0.4, -0.2) is 4.98 Å². The molecule has 0 N–H and O–H groups in total. The molecular weight excluding hydrogens is 530 g/mol. The maximum Gasteiger partial charge on any atom is 0.0794 e. The second-order valence-electron chi connectivity index (χ2n) is 11.5. The molecule has 1 aliphatic carbocycles. The summed E-state index contributed by atoms with van der Waals surface area (Å²) in [4.78, 5) is 5.58. The molecule has 0 atom stereocenters. The van der Waals surface area contributed by atoms with Gasteiger partial charge in [-0.3, -0.25) is 0 Å². The first kappa shape index (κ1) is 24.8. The van der Waals surface area contributed by atoms with Crippen LogP contribution in [-0.2, 0) is 0 Å². The van der Waals surface area contributed by atoms with E-state index in [1.54, 1.807) is 0 Å². The number of pyridine rings is 1. The van der Waals surface area contributed by atoms with Crippen LogP contribution in [0.25, 0.3) is 88.6 Å². The second kappa shape index (κ2) is 9.90. The van der Waals surface area contributed by atoms with E-state index in [9.17, 15) is 0 Å². The highest BCUT2D eigenvalue weighted by Crippen LogP contribution is 2.56. The molecule has 1 aromatic heterocycles. The SMILES string of the molecule is c1ccc(-c2nc(-c3ccc(-c4cccc5ccccc45)cc3)c(-c3ccccc3)c3c2-c2cccc4cccc-3c24)cc1. The minimum Gasteiger partial charge on any atom is -0.246 e. The summed E-state index contributed by atoms with van der Waals surface area (Å²) >= 11 is 0. The molecule has 0 bridgehead atoms. The van der Waals surface area contributed by atoms with Gasteiger partial charge in [0.2, 0.25) is 0 Å². The van der Waals surface area contributed by atoms with Gasteiger partial charge in [0.15, 0.2) is 0 Å². The third-order valence-electron chi connectivity index (χ3n) is 9.01. The van der Waals surface area contributed by atoms with E-state index >= 15 is 0 Å². The lowest BCUT2D eigenvalue weighted by atomic mass is 9.87. The van der Waals surface area contributed by atoms with Crippen molar-refractivity contribution in [3.63, 3.8) is 0 Å². The fraction of sp³-hybridized carbons (Fsp3) is 0. The van der Waals surface area contributed by atoms with Gasteiger partial charge >= 0.3 is 0 Å². The quantitative estimate of drug-likeness (QED) is 0.210. The molecule has 0 saturated heterocycles. The summed E-state index contributed by atoms with van der Waals surface area (Å²) in [5, 5.41) is 5.09. The lowest BCUT2D eigenvalue weighted by molar-refractivity contribution is 1.33. The molecule has 0 saturated carbocycles. The van der Waals surface area contributed by atoms with Gasteiger partial charge < -0.3 is 0 Å². The van der Waals surface area contributed by atoms with E-state index in [1.807, 2.05) is 0 Å². The first-order valence-electron chi connectivity index (χ1n) is 15.1. The molecule has 7 aromatic carbocycles. The standard InChI is InChI=1S/C43H27N/c1-3-13-31(14-4-1)39-40-36-22-10-18-30-19-11-23-37(38(30)36)41(40)43(32-15-5-2-6-16-32)44-42(39)33-26-24-29(25-27-33)35-21-9-17-28-12-7-8-20-34(28)35/h1-27H. The predicted molar refractivity (Wildman–Crippen MR) is 185 cm³/mol. The van der Waals surface area contributed by atoms with E-state index < -0.39 is 0 Å². The van der Waals surface area contributed by atoms with Crippen molar-refractivity contribution in [3.8, 4) is 67.0 Å². The average Bonchev–Trinajstić information content (AvgIpc) is 3.44. The van der Waals surface area contributed by atoms with Crippen molar-refractivity contribution in [2.75, 3.05) is 0 Å². The van der Waals surface area contributed by atoms with E-state index in [2.05, 4.69) is 164 Å². The maximum atomic E-state index is 5.58. The Morgan fingerprint density at radius 2 is 0.795 bits per heavy atom. The number of aromatic nitrogens is 1. The molecule has 0 spiro atoms. The van der Waals surface area contributed by atoms with Crippen molar-refractivity contribution in [1.82, 2.24) is 4.98 Å². The van der Waals surface area contributed by atoms with Crippen LogP contribution in [0.5, 0.6) is 0 Å². The Balaban J connectivity index is 1.35. The fourth-order valence-electron chi connectivity index (χ4n) is 7.06. The van der Waals surface area contributed by atoms with Crippen LogP contribution >= 0.6 is 0 Å². The normalized spacial score (nSPS) is 11.6. The van der Waals surface area contributed by atoms with Gasteiger partial charge in [-0.1, -0.05) is 164 Å². The summed E-state index contributed by atoms with van der Waals surface area (Å²) < 4.78 is 0. The number of nitrogens with zero attached hydrogens (tertiary/aromatic N) is 1. The minimum atomic E-state index is 1.00. The van der Waals surface area contributed by atoms with Crippen LogP contribution in [0.1, 0.15) is 0 Å². The zero-order chi connectivity index (χ0) is 29.0. The van der Waals surface area contributed by atoms with Gasteiger partial charge in [0.25, 0.3) is 0 Å². The topological polar surface area (TPSA) is 12.9 Å². The molecule has 0 amide bonds. The number of fused-ring (bicyclic) bond motifs is 4. The fourth-order valence-corrected chi connectivity index (χ4v) is 7.06. The summed E-state index contributed by atoms with van der Waals surface area (Å²) in [5.41, 5.74) is 14.1. The summed E-state index contributed by atoms with van der Waals surface area (Å²) in [6, 6.07) is 58.9. The highest BCUT2D eigenvalue weighted by Gasteiger charge is 2.31. The minimum absolute atomic E-state index is 1.00. The van der Waals surface area contributed by atoms with Crippen molar-refractivity contribution in [2.45, 2.75) is 0 Å². The third kappa shape index (κ3) is 3.76. The van der Waals surface area contributed by atoms with E-state index in [4.69, 9.17) is 4.98 Å². The van der Waals surface area contributed by atoms with E-state index in [0.29, 0.717) is 0 Å². The molecular formula is C43H27N. The maximum absolute atomic E-state index is 5.58. The van der Waals surface area contributed by atoms with Crippen LogP contribution in [0.3, 0.4) is 0 Å². The van der Waals surface area contributed by atoms with E-state index in [0.717, 1.165) is 22.5 Å². The molecule has 0 fully saturated rings. The smallest absolute Gasteiger partial charge is 0.0794 e. The Kier molecular flexibility index (Phi) is 5.57. The van der Waals surface area contributed by atoms with Crippen molar-refractivity contribution in [2.24, 2.45) is 0 Å². The first-order chi connectivity index (χ1) is 21.8. The Labute approximate surface area is 256 Å². The van der Waals surface area contributed by atoms with Crippen molar-refractivity contribution in [1.29, 1.82) is 0 Å². The number of rotatable bonds is 4. The van der Waals surface area contributed by atoms with Gasteiger partial charge in [-0.2, -0.15) is 0 Å². The number of benzene rings is 7. The molecule has 1 heteroatoms. The summed E-state index contributed by atoms with van der Waals surface area (Å²) in [5.74, 6) is 0. The molecule has 0 aliphatic heterocycles. The highest BCUT2D eigenvalue weighted by atomic mass is 14.7. The van der Waals surface area contributed by atoms with Crippen LogP contribution in [0.15, 0.2) is 164 Å². The summed E-state index contributed by atoms with van der Waals surface area (Å²) in [7, 11) is 0. The molecule has 0 unspecified atom stereocenters. The van der Waals surface area contributed by atoms with Gasteiger partial charge in [0, 0.05) is 27.8 Å². The second-order valence-corrected chi connectivity index (χ2v) is 11.5. The van der Waals surface area contributed by atoms with Crippen LogP contribution in [0, 0.1) is 0 Å². The van der Waals surface area contributed by atoms with Crippen LogP contribution < -0.4 is 0 Å². The van der Waals surface area contributed by atoms with Crippen LogP contribution in [0.4, 0.5) is 0 Å². The number of hydrogen-bond acceptors (Lipinski definition) is 1. The summed E-state index contributed by atoms with van der Waals surface area (Å²) in [6.45, 7) is 0. The zero-order valence-corrected chi connectivity index (χ0v) is 24.0. The monoisotopic (exact) mass is 557 g/mol. The van der Waals surface area contributed by atoms with E-state index in [-0.39, 0.29) is 0 Å². The first-order valence-corrected chi connectivity index (χ1v) is 15.1. The van der Waals surface area contributed by atoms with Gasteiger partial charge in [-0.15, -0.1) is 0 Å². The van der Waals surface area contributed by atoms with Gasteiger partial charge in [-0.25, -0.2) is 4.98 Å². The molecule has 9 rings (SSSR count). The largest absolute Gasteiger partial charge is 0.246 e. The highest BCUT2D eigenvalue weighted by molar-refractivity contribution is 6.21. The lowest BCUT2D eigenvalue weighted by Gasteiger charge is -2.20. The zero-order valence-electron chi connectivity index (χ0n) is 24.0. The Morgan fingerprint density at radius 1 is 0.295 bits per heavy atom.